The Balaban J connectivity index is 1.39. The average molecular weight is 464 g/mol. The first kappa shape index (κ1) is 22.3. The van der Waals surface area contributed by atoms with Crippen molar-refractivity contribution >= 4 is 35.0 Å². The number of aryl methyl sites for hydroxylation is 1. The molecule has 3 aromatic rings. The van der Waals surface area contributed by atoms with E-state index in [0.29, 0.717) is 11.3 Å². The fourth-order valence-electron chi connectivity index (χ4n) is 3.45. The molecule has 2 aromatic carbocycles. The van der Waals surface area contributed by atoms with Crippen molar-refractivity contribution in [1.82, 2.24) is 9.47 Å². The lowest BCUT2D eigenvalue weighted by atomic mass is 10.1. The van der Waals surface area contributed by atoms with E-state index in [-0.39, 0.29) is 11.1 Å². The van der Waals surface area contributed by atoms with Crippen molar-refractivity contribution in [3.63, 3.8) is 0 Å². The quantitative estimate of drug-likeness (QED) is 0.413. The number of carbonyl (C=O) groups excluding carboxylic acids is 4. The van der Waals surface area contributed by atoms with Crippen LogP contribution in [0.4, 0.5) is 0 Å². The summed E-state index contributed by atoms with van der Waals surface area (Å²) in [5.41, 5.74) is 2.70. The third kappa shape index (κ3) is 4.68. The maximum Gasteiger partial charge on any atom is 0.329 e. The lowest BCUT2D eigenvalue weighted by Crippen LogP contribution is -2.44. The summed E-state index contributed by atoms with van der Waals surface area (Å²) in [6, 6.07) is 13.2. The minimum atomic E-state index is -1.17. The van der Waals surface area contributed by atoms with E-state index in [0.717, 1.165) is 16.0 Å². The zero-order valence-corrected chi connectivity index (χ0v) is 18.9. The number of rotatable bonds is 6. The van der Waals surface area contributed by atoms with Gasteiger partial charge in [0.2, 0.25) is 0 Å². The van der Waals surface area contributed by atoms with Gasteiger partial charge in [0.05, 0.1) is 11.1 Å². The van der Waals surface area contributed by atoms with E-state index >= 15 is 0 Å². The van der Waals surface area contributed by atoms with Crippen LogP contribution in [0.15, 0.2) is 65.1 Å². The Labute approximate surface area is 193 Å². The molecule has 8 nitrogen and oxygen atoms in total. The normalized spacial score (nSPS) is 14.4. The van der Waals surface area contributed by atoms with E-state index in [1.165, 1.54) is 30.4 Å². The molecule has 0 radical (unpaired) electrons. The second kappa shape index (κ2) is 9.33. The van der Waals surface area contributed by atoms with E-state index in [9.17, 15) is 19.2 Å². The topological polar surface area (TPSA) is 98.0 Å². The van der Waals surface area contributed by atoms with Gasteiger partial charge in [0.1, 0.15) is 6.04 Å². The summed E-state index contributed by atoms with van der Waals surface area (Å²) in [5.74, 6) is -2.62. The molecular formula is C24H21N3O5S. The highest BCUT2D eigenvalue weighted by atomic mass is 32.1. The molecule has 168 valence electrons. The molecule has 0 aliphatic carbocycles. The first-order valence-electron chi connectivity index (χ1n) is 10.3. The fraction of sp³-hybridized carbons (Fsp3) is 0.208. The van der Waals surface area contributed by atoms with Crippen LogP contribution in [0.25, 0.3) is 0 Å². The van der Waals surface area contributed by atoms with E-state index in [1.807, 2.05) is 47.3 Å². The van der Waals surface area contributed by atoms with Crippen LogP contribution >= 0.6 is 11.3 Å². The third-order valence-corrected chi connectivity index (χ3v) is 6.04. The van der Waals surface area contributed by atoms with Gasteiger partial charge in [0, 0.05) is 18.1 Å². The molecule has 9 heteroatoms. The van der Waals surface area contributed by atoms with Gasteiger partial charge in [-0.15, -0.1) is 11.3 Å². The summed E-state index contributed by atoms with van der Waals surface area (Å²) in [5, 5.41) is 1.82. The van der Waals surface area contributed by atoms with Gasteiger partial charge in [-0.25, -0.2) is 4.79 Å². The average Bonchev–Trinajstić information content (AvgIpc) is 3.35. The number of hydrogen-bond acceptors (Lipinski definition) is 6. The first-order valence-corrected chi connectivity index (χ1v) is 11.1. The molecule has 0 fully saturated rings. The van der Waals surface area contributed by atoms with E-state index in [4.69, 9.17) is 4.74 Å². The summed E-state index contributed by atoms with van der Waals surface area (Å²) in [4.78, 5) is 55.2. The maximum atomic E-state index is 12.5. The van der Waals surface area contributed by atoms with Crippen LogP contribution in [0.2, 0.25) is 0 Å². The molecule has 0 spiro atoms. The van der Waals surface area contributed by atoms with Gasteiger partial charge in [-0.2, -0.15) is 4.99 Å². The Hall–Kier alpha value is -3.85. The summed E-state index contributed by atoms with van der Waals surface area (Å²) in [6.45, 7) is 3.36. The van der Waals surface area contributed by atoms with Gasteiger partial charge in [-0.3, -0.25) is 19.3 Å². The van der Waals surface area contributed by atoms with Crippen LogP contribution in [-0.4, -0.2) is 45.8 Å². The van der Waals surface area contributed by atoms with Gasteiger partial charge in [0.15, 0.2) is 11.4 Å². The Morgan fingerprint density at radius 1 is 1.03 bits per heavy atom. The molecule has 2 heterocycles. The number of esters is 1. The summed E-state index contributed by atoms with van der Waals surface area (Å²) < 4.78 is 6.89. The van der Waals surface area contributed by atoms with Crippen molar-refractivity contribution in [2.24, 2.45) is 4.99 Å². The molecule has 3 amide bonds. The lowest BCUT2D eigenvalue weighted by Gasteiger charge is -2.20. The molecule has 0 saturated heterocycles. The zero-order chi connectivity index (χ0) is 23.5. The Bertz CT molecular complexity index is 1270. The summed E-state index contributed by atoms with van der Waals surface area (Å²) in [6.07, 6.45) is 1.83. The fourth-order valence-corrected chi connectivity index (χ4v) is 4.20. The van der Waals surface area contributed by atoms with Crippen LogP contribution < -0.4 is 4.80 Å². The SMILES string of the molecule is Cc1ccc(Cn2ccsc2=NC(=O)COC(=O)[C@@H](C)N2C(=O)c3ccccc3C2=O)cc1. The minimum absolute atomic E-state index is 0.240. The Morgan fingerprint density at radius 3 is 2.30 bits per heavy atom. The van der Waals surface area contributed by atoms with Crippen molar-refractivity contribution in [3.8, 4) is 0 Å². The number of thiazole rings is 1. The number of hydrogen-bond donors (Lipinski definition) is 0. The second-order valence-corrected chi connectivity index (χ2v) is 8.49. The van der Waals surface area contributed by atoms with Crippen molar-refractivity contribution in [2.75, 3.05) is 6.61 Å². The minimum Gasteiger partial charge on any atom is -0.454 e. The van der Waals surface area contributed by atoms with Crippen LogP contribution in [-0.2, 0) is 20.9 Å². The molecule has 0 saturated carbocycles. The molecule has 0 N–H and O–H groups in total. The zero-order valence-electron chi connectivity index (χ0n) is 18.1. The van der Waals surface area contributed by atoms with Gasteiger partial charge < -0.3 is 9.30 Å². The number of aromatic nitrogens is 1. The number of benzene rings is 2. The standard InChI is InChI=1S/C24H21N3O5S/c1-15-7-9-17(10-8-15)13-26-11-12-33-24(26)25-20(28)14-32-23(31)16(2)27-21(29)18-5-3-4-6-19(18)22(27)30/h3-12,16H,13-14H2,1-2H3/t16-/m1/s1. The highest BCUT2D eigenvalue weighted by molar-refractivity contribution is 7.07. The maximum absolute atomic E-state index is 12.5. The van der Waals surface area contributed by atoms with Crippen molar-refractivity contribution in [2.45, 2.75) is 26.4 Å². The van der Waals surface area contributed by atoms with Crippen LogP contribution in [0, 0.1) is 6.92 Å². The number of fused-ring (bicyclic) bond motifs is 1. The monoisotopic (exact) mass is 463 g/mol. The van der Waals surface area contributed by atoms with Crippen molar-refractivity contribution < 1.29 is 23.9 Å². The number of amides is 3. The second-order valence-electron chi connectivity index (χ2n) is 7.61. The highest BCUT2D eigenvalue weighted by Crippen LogP contribution is 2.24. The number of nitrogens with zero attached hydrogens (tertiary/aromatic N) is 3. The summed E-state index contributed by atoms with van der Waals surface area (Å²) in [7, 11) is 0. The highest BCUT2D eigenvalue weighted by Gasteiger charge is 2.41. The van der Waals surface area contributed by atoms with E-state index in [2.05, 4.69) is 4.99 Å². The Kier molecular flexibility index (Phi) is 6.32. The van der Waals surface area contributed by atoms with Gasteiger partial charge in [-0.1, -0.05) is 42.0 Å². The number of imide groups is 1. The Morgan fingerprint density at radius 2 is 1.67 bits per heavy atom. The van der Waals surface area contributed by atoms with E-state index < -0.39 is 36.3 Å². The van der Waals surface area contributed by atoms with Gasteiger partial charge in [0.25, 0.3) is 17.7 Å². The molecular weight excluding hydrogens is 442 g/mol. The predicted octanol–water partition coefficient (Wildman–Crippen LogP) is 2.56. The third-order valence-electron chi connectivity index (χ3n) is 5.25. The van der Waals surface area contributed by atoms with Crippen molar-refractivity contribution in [1.29, 1.82) is 0 Å². The van der Waals surface area contributed by atoms with E-state index in [1.54, 1.807) is 12.1 Å². The van der Waals surface area contributed by atoms with Gasteiger partial charge >= 0.3 is 5.97 Å². The molecule has 33 heavy (non-hydrogen) atoms. The smallest absolute Gasteiger partial charge is 0.329 e. The molecule has 4 rings (SSSR count). The largest absolute Gasteiger partial charge is 0.454 e. The van der Waals surface area contributed by atoms with Crippen molar-refractivity contribution in [3.05, 3.63) is 87.2 Å². The number of carbonyl (C=O) groups is 4. The first-order chi connectivity index (χ1) is 15.8. The molecule has 1 aliphatic rings. The molecule has 1 atom stereocenters. The van der Waals surface area contributed by atoms with Crippen LogP contribution in [0.3, 0.4) is 0 Å². The van der Waals surface area contributed by atoms with Crippen LogP contribution in [0.5, 0.6) is 0 Å². The predicted molar refractivity (Wildman–Crippen MR) is 121 cm³/mol. The summed E-state index contributed by atoms with van der Waals surface area (Å²) >= 11 is 1.29. The van der Waals surface area contributed by atoms with Gasteiger partial charge in [-0.05, 0) is 31.5 Å². The molecule has 0 unspecified atom stereocenters. The lowest BCUT2D eigenvalue weighted by molar-refractivity contribution is -0.151. The number of ether oxygens (including phenoxy) is 1. The molecule has 0 bridgehead atoms. The molecule has 1 aromatic heterocycles. The molecule has 1 aliphatic heterocycles. The van der Waals surface area contributed by atoms with Crippen LogP contribution in [0.1, 0.15) is 38.8 Å².